The van der Waals surface area contributed by atoms with Crippen LogP contribution in [0.15, 0.2) is 0 Å². The summed E-state index contributed by atoms with van der Waals surface area (Å²) in [6.45, 7) is 8.52. The molecule has 0 aromatic carbocycles. The highest BCUT2D eigenvalue weighted by Crippen LogP contribution is 2.68. The third-order valence-corrected chi connectivity index (χ3v) is 11.7. The maximum atomic E-state index is 12.5. The second-order valence-corrected chi connectivity index (χ2v) is 13.5. The van der Waals surface area contributed by atoms with Crippen molar-refractivity contribution >= 4 is 18.2 Å². The Morgan fingerprint density at radius 2 is 1.79 bits per heavy atom. The summed E-state index contributed by atoms with van der Waals surface area (Å²) in [7, 11) is 0. The van der Waals surface area contributed by atoms with Gasteiger partial charge in [0, 0.05) is 13.3 Å². The van der Waals surface area contributed by atoms with E-state index in [1.165, 1.54) is 19.8 Å². The number of aliphatic hydroxyl groups is 2. The van der Waals surface area contributed by atoms with Gasteiger partial charge in [0.1, 0.15) is 0 Å². The van der Waals surface area contributed by atoms with Crippen molar-refractivity contribution in [3.63, 3.8) is 0 Å². The van der Waals surface area contributed by atoms with Crippen molar-refractivity contribution in [2.75, 3.05) is 6.61 Å². The molecule has 11 atom stereocenters. The molecule has 0 bridgehead atoms. The van der Waals surface area contributed by atoms with E-state index in [4.69, 9.17) is 9.47 Å². The second kappa shape index (κ2) is 12.0. The molecule has 0 aromatic rings. The SMILES string of the molecule is CC(=O)OCCCC(C=O)OC(=O)CC[C@@H](C)[C@H]1CC[C@H]2[C@@H]3CC[C@@H]4C[C@H](O)CC[C@]4(C)[C@H]3C[C@H](O)[C@]12C. The van der Waals surface area contributed by atoms with Crippen molar-refractivity contribution < 1.29 is 34.1 Å². The molecule has 4 rings (SSSR count). The van der Waals surface area contributed by atoms with E-state index in [2.05, 4.69) is 20.8 Å². The lowest BCUT2D eigenvalue weighted by molar-refractivity contribution is -0.175. The number of fused-ring (bicyclic) bond motifs is 5. The number of hydrogen-bond acceptors (Lipinski definition) is 7. The van der Waals surface area contributed by atoms with Crippen LogP contribution in [0.5, 0.6) is 0 Å². The summed E-state index contributed by atoms with van der Waals surface area (Å²) in [6, 6.07) is 0. The van der Waals surface area contributed by atoms with Gasteiger partial charge in [0.2, 0.25) is 0 Å². The van der Waals surface area contributed by atoms with Gasteiger partial charge in [0.05, 0.1) is 18.8 Å². The first-order valence-corrected chi connectivity index (χ1v) is 15.1. The van der Waals surface area contributed by atoms with Gasteiger partial charge in [-0.1, -0.05) is 20.8 Å². The van der Waals surface area contributed by atoms with Gasteiger partial charge < -0.3 is 19.7 Å². The number of carbonyl (C=O) groups excluding carboxylic acids is 3. The van der Waals surface area contributed by atoms with E-state index < -0.39 is 6.10 Å². The van der Waals surface area contributed by atoms with Crippen molar-refractivity contribution in [1.82, 2.24) is 0 Å². The van der Waals surface area contributed by atoms with Gasteiger partial charge in [-0.15, -0.1) is 0 Å². The van der Waals surface area contributed by atoms with E-state index in [-0.39, 0.29) is 53.9 Å². The zero-order chi connectivity index (χ0) is 27.7. The zero-order valence-corrected chi connectivity index (χ0v) is 23.9. The number of aldehydes is 1. The summed E-state index contributed by atoms with van der Waals surface area (Å²) in [5.74, 6) is 2.17. The Morgan fingerprint density at radius 1 is 1.03 bits per heavy atom. The number of aliphatic hydroxyl groups excluding tert-OH is 2. The first-order chi connectivity index (χ1) is 18.0. The Morgan fingerprint density at radius 3 is 2.50 bits per heavy atom. The predicted octanol–water partition coefficient (Wildman–Crippen LogP) is 4.85. The molecule has 2 N–H and O–H groups in total. The fourth-order valence-electron chi connectivity index (χ4n) is 9.59. The smallest absolute Gasteiger partial charge is 0.306 e. The maximum absolute atomic E-state index is 12.5. The van der Waals surface area contributed by atoms with Gasteiger partial charge in [-0.25, -0.2) is 0 Å². The third-order valence-electron chi connectivity index (χ3n) is 11.7. The standard InChI is InChI=1S/C31H50O7/c1-19(7-12-29(36)38-23(18-32)6-5-15-37-20(2)33)25-10-11-26-24-9-8-21-16-22(34)13-14-30(21,3)27(24)17-28(35)31(25,26)4/h18-19,21-28,34-35H,5-17H2,1-4H3/t19-,21-,22-,23?,24+,25-,26+,27+,28+,30+,31-/m1/s1. The van der Waals surface area contributed by atoms with E-state index in [1.54, 1.807) is 0 Å². The van der Waals surface area contributed by atoms with Crippen molar-refractivity contribution in [1.29, 1.82) is 0 Å². The number of esters is 2. The summed E-state index contributed by atoms with van der Waals surface area (Å²) in [6.07, 6.45) is 9.48. The van der Waals surface area contributed by atoms with Crippen LogP contribution in [0.3, 0.4) is 0 Å². The first kappa shape index (κ1) is 29.5. The van der Waals surface area contributed by atoms with Crippen LogP contribution < -0.4 is 0 Å². The van der Waals surface area contributed by atoms with Gasteiger partial charge in [0.25, 0.3) is 0 Å². The van der Waals surface area contributed by atoms with Gasteiger partial charge in [-0.05, 0) is 117 Å². The molecule has 216 valence electrons. The Kier molecular flexibility index (Phi) is 9.28. The average molecular weight is 535 g/mol. The fourth-order valence-corrected chi connectivity index (χ4v) is 9.59. The van der Waals surface area contributed by atoms with Gasteiger partial charge in [0.15, 0.2) is 12.4 Å². The largest absolute Gasteiger partial charge is 0.466 e. The van der Waals surface area contributed by atoms with Gasteiger partial charge >= 0.3 is 11.9 Å². The summed E-state index contributed by atoms with van der Waals surface area (Å²) >= 11 is 0. The van der Waals surface area contributed by atoms with Crippen molar-refractivity contribution in [2.45, 2.75) is 123 Å². The molecular formula is C31H50O7. The molecule has 4 fully saturated rings. The summed E-state index contributed by atoms with van der Waals surface area (Å²) in [5.41, 5.74) is 0.0924. The minimum atomic E-state index is -0.809. The normalized spacial score (nSPS) is 41.7. The monoisotopic (exact) mass is 534 g/mol. The number of hydrogen-bond donors (Lipinski definition) is 2. The molecule has 0 aliphatic heterocycles. The maximum Gasteiger partial charge on any atom is 0.306 e. The quantitative estimate of drug-likeness (QED) is 0.234. The minimum Gasteiger partial charge on any atom is -0.466 e. The lowest BCUT2D eigenvalue weighted by Crippen LogP contribution is -2.58. The van der Waals surface area contributed by atoms with E-state index >= 15 is 0 Å². The van der Waals surface area contributed by atoms with Crippen LogP contribution in [0.25, 0.3) is 0 Å². The van der Waals surface area contributed by atoms with E-state index in [1.807, 2.05) is 0 Å². The molecule has 0 spiro atoms. The molecule has 38 heavy (non-hydrogen) atoms. The summed E-state index contributed by atoms with van der Waals surface area (Å²) in [5, 5.41) is 22.0. The molecule has 0 heterocycles. The number of rotatable bonds is 10. The first-order valence-electron chi connectivity index (χ1n) is 15.1. The molecule has 7 heteroatoms. The highest BCUT2D eigenvalue weighted by Gasteiger charge is 2.63. The minimum absolute atomic E-state index is 0.135. The van der Waals surface area contributed by atoms with Crippen LogP contribution in [0.4, 0.5) is 0 Å². The predicted molar refractivity (Wildman–Crippen MR) is 143 cm³/mol. The lowest BCUT2D eigenvalue weighted by atomic mass is 9.43. The number of carbonyl (C=O) groups is 3. The van der Waals surface area contributed by atoms with Crippen molar-refractivity contribution in [2.24, 2.45) is 46.3 Å². The van der Waals surface area contributed by atoms with Crippen LogP contribution in [0.1, 0.15) is 105 Å². The third kappa shape index (κ3) is 5.70. The summed E-state index contributed by atoms with van der Waals surface area (Å²) < 4.78 is 10.3. The molecule has 4 saturated carbocycles. The van der Waals surface area contributed by atoms with Crippen LogP contribution >= 0.6 is 0 Å². The Hall–Kier alpha value is -1.47. The highest BCUT2D eigenvalue weighted by atomic mass is 16.5. The van der Waals surface area contributed by atoms with E-state index in [0.29, 0.717) is 55.1 Å². The Bertz CT molecular complexity index is 859. The topological polar surface area (TPSA) is 110 Å². The zero-order valence-electron chi connectivity index (χ0n) is 23.9. The molecule has 1 unspecified atom stereocenters. The molecular weight excluding hydrogens is 484 g/mol. The molecule has 4 aliphatic carbocycles. The molecule has 0 aromatic heterocycles. The van der Waals surface area contributed by atoms with Crippen LogP contribution in [0.2, 0.25) is 0 Å². The molecule has 0 amide bonds. The highest BCUT2D eigenvalue weighted by molar-refractivity contribution is 5.72. The van der Waals surface area contributed by atoms with Crippen LogP contribution in [-0.4, -0.2) is 53.4 Å². The molecule has 0 saturated heterocycles. The molecule has 7 nitrogen and oxygen atoms in total. The second-order valence-electron chi connectivity index (χ2n) is 13.5. The fraction of sp³-hybridized carbons (Fsp3) is 0.903. The molecule has 4 aliphatic rings. The lowest BCUT2D eigenvalue weighted by Gasteiger charge is -2.62. The van der Waals surface area contributed by atoms with E-state index in [9.17, 15) is 24.6 Å². The van der Waals surface area contributed by atoms with E-state index in [0.717, 1.165) is 38.5 Å². The Labute approximate surface area is 228 Å². The van der Waals surface area contributed by atoms with Crippen molar-refractivity contribution in [3.05, 3.63) is 0 Å². The van der Waals surface area contributed by atoms with Gasteiger partial charge in [-0.3, -0.25) is 14.4 Å². The Balaban J connectivity index is 1.33. The van der Waals surface area contributed by atoms with Crippen LogP contribution in [-0.2, 0) is 23.9 Å². The average Bonchev–Trinajstić information content (AvgIpc) is 3.24. The number of ether oxygens (including phenoxy) is 2. The van der Waals surface area contributed by atoms with Gasteiger partial charge in [-0.2, -0.15) is 0 Å². The molecule has 0 radical (unpaired) electrons. The van der Waals surface area contributed by atoms with Crippen molar-refractivity contribution in [3.8, 4) is 0 Å². The summed E-state index contributed by atoms with van der Waals surface area (Å²) in [4.78, 5) is 34.8. The van der Waals surface area contributed by atoms with Crippen LogP contribution in [0, 0.1) is 46.3 Å².